The van der Waals surface area contributed by atoms with Crippen molar-refractivity contribution in [3.63, 3.8) is 0 Å². The van der Waals surface area contributed by atoms with Gasteiger partial charge in [0.15, 0.2) is 5.69 Å². The molecule has 0 saturated heterocycles. The summed E-state index contributed by atoms with van der Waals surface area (Å²) in [6, 6.07) is 12.5. The van der Waals surface area contributed by atoms with Crippen LogP contribution in [0.2, 0.25) is 0 Å². The van der Waals surface area contributed by atoms with Crippen LogP contribution in [0.25, 0.3) is 10.8 Å². The van der Waals surface area contributed by atoms with Gasteiger partial charge in [-0.05, 0) is 23.8 Å². The Labute approximate surface area is 155 Å². The molecule has 8 nitrogen and oxygen atoms in total. The van der Waals surface area contributed by atoms with Crippen LogP contribution in [0.4, 0.5) is 0 Å². The normalized spacial score (nSPS) is 11.8. The summed E-state index contributed by atoms with van der Waals surface area (Å²) >= 11 is 0. The number of rotatable bonds is 5. The van der Waals surface area contributed by atoms with Crippen LogP contribution < -0.4 is 5.56 Å². The summed E-state index contributed by atoms with van der Waals surface area (Å²) < 4.78 is 26.7. The maximum atomic E-state index is 12.7. The molecule has 2 aromatic carbocycles. The number of benzene rings is 2. The summed E-state index contributed by atoms with van der Waals surface area (Å²) in [6.07, 6.45) is 0. The molecule has 0 fully saturated rings. The number of carboxylic acid groups (broad SMARTS) is 1. The second-order valence-electron chi connectivity index (χ2n) is 6.10. The van der Waals surface area contributed by atoms with Gasteiger partial charge in [-0.1, -0.05) is 30.3 Å². The highest BCUT2D eigenvalue weighted by molar-refractivity contribution is 7.89. The van der Waals surface area contributed by atoms with Crippen LogP contribution in [0.3, 0.4) is 0 Å². The van der Waals surface area contributed by atoms with Crippen molar-refractivity contribution in [2.75, 3.05) is 14.1 Å². The Bertz CT molecular complexity index is 1200. The van der Waals surface area contributed by atoms with E-state index < -0.39 is 21.6 Å². The smallest absolute Gasteiger partial charge is 0.357 e. The molecule has 1 heterocycles. The van der Waals surface area contributed by atoms with E-state index in [1.54, 1.807) is 24.3 Å². The van der Waals surface area contributed by atoms with E-state index in [0.717, 1.165) is 8.99 Å². The van der Waals surface area contributed by atoms with Gasteiger partial charge < -0.3 is 5.11 Å². The molecule has 0 amide bonds. The number of fused-ring (bicyclic) bond motifs is 1. The van der Waals surface area contributed by atoms with E-state index in [1.165, 1.54) is 38.4 Å². The minimum Gasteiger partial charge on any atom is -0.476 e. The second-order valence-corrected chi connectivity index (χ2v) is 8.25. The van der Waals surface area contributed by atoms with Gasteiger partial charge in [-0.2, -0.15) is 5.10 Å². The quantitative estimate of drug-likeness (QED) is 0.709. The molecule has 0 aliphatic carbocycles. The van der Waals surface area contributed by atoms with Crippen molar-refractivity contribution < 1.29 is 18.3 Å². The molecule has 0 atom stereocenters. The first-order valence-corrected chi connectivity index (χ1v) is 9.40. The monoisotopic (exact) mass is 387 g/mol. The molecule has 9 heteroatoms. The van der Waals surface area contributed by atoms with Gasteiger partial charge in [-0.15, -0.1) is 0 Å². The number of aromatic carboxylic acids is 1. The van der Waals surface area contributed by atoms with Crippen LogP contribution in [-0.2, 0) is 16.6 Å². The average Bonchev–Trinajstić information content (AvgIpc) is 2.64. The largest absolute Gasteiger partial charge is 0.476 e. The highest BCUT2D eigenvalue weighted by atomic mass is 32.2. The third kappa shape index (κ3) is 3.46. The summed E-state index contributed by atoms with van der Waals surface area (Å²) in [5, 5.41) is 13.9. The maximum absolute atomic E-state index is 12.7. The predicted octanol–water partition coefficient (Wildman–Crippen LogP) is 1.39. The fourth-order valence-corrected chi connectivity index (χ4v) is 3.66. The molecule has 0 unspecified atom stereocenters. The lowest BCUT2D eigenvalue weighted by Gasteiger charge is -2.13. The standard InChI is InChI=1S/C18H17N3O5S/c1-20(2)27(25,26)13-7-5-6-12(10-13)11-21-17(22)15-9-4-3-8-14(15)16(19-21)18(23)24/h3-10H,11H2,1-2H3,(H,23,24). The molecule has 27 heavy (non-hydrogen) atoms. The first-order chi connectivity index (χ1) is 12.7. The van der Waals surface area contributed by atoms with Crippen molar-refractivity contribution in [1.29, 1.82) is 0 Å². The molecule has 3 rings (SSSR count). The lowest BCUT2D eigenvalue weighted by atomic mass is 10.1. The van der Waals surface area contributed by atoms with Crippen molar-refractivity contribution >= 4 is 26.8 Å². The highest BCUT2D eigenvalue weighted by Gasteiger charge is 2.19. The van der Waals surface area contributed by atoms with Gasteiger partial charge in [0.2, 0.25) is 10.0 Å². The van der Waals surface area contributed by atoms with Gasteiger partial charge in [0.05, 0.1) is 16.8 Å². The Morgan fingerprint density at radius 3 is 2.41 bits per heavy atom. The number of sulfonamides is 1. The van der Waals surface area contributed by atoms with Gasteiger partial charge >= 0.3 is 5.97 Å². The van der Waals surface area contributed by atoms with Crippen LogP contribution in [0, 0.1) is 0 Å². The zero-order chi connectivity index (χ0) is 19.8. The number of hydrogen-bond acceptors (Lipinski definition) is 5. The van der Waals surface area contributed by atoms with E-state index in [9.17, 15) is 23.1 Å². The van der Waals surface area contributed by atoms with E-state index in [1.807, 2.05) is 0 Å². The van der Waals surface area contributed by atoms with Gasteiger partial charge in [0.25, 0.3) is 5.56 Å². The zero-order valence-electron chi connectivity index (χ0n) is 14.7. The fraction of sp³-hybridized carbons (Fsp3) is 0.167. The molecule has 140 valence electrons. The number of carbonyl (C=O) groups is 1. The summed E-state index contributed by atoms with van der Waals surface area (Å²) in [4.78, 5) is 24.3. The number of aromatic nitrogens is 2. The van der Waals surface area contributed by atoms with E-state index in [2.05, 4.69) is 5.10 Å². The maximum Gasteiger partial charge on any atom is 0.357 e. The third-order valence-electron chi connectivity index (χ3n) is 4.08. The molecular weight excluding hydrogens is 370 g/mol. The first kappa shape index (κ1) is 18.7. The number of carboxylic acids is 1. The summed E-state index contributed by atoms with van der Waals surface area (Å²) in [5.74, 6) is -1.25. The van der Waals surface area contributed by atoms with Crippen molar-refractivity contribution in [3.8, 4) is 0 Å². The van der Waals surface area contributed by atoms with Gasteiger partial charge in [0.1, 0.15) is 0 Å². The zero-order valence-corrected chi connectivity index (χ0v) is 15.5. The minimum absolute atomic E-state index is 0.0548. The molecule has 0 bridgehead atoms. The van der Waals surface area contributed by atoms with E-state index in [-0.39, 0.29) is 27.9 Å². The number of nitrogens with zero attached hydrogens (tertiary/aromatic N) is 3. The van der Waals surface area contributed by atoms with Gasteiger partial charge in [-0.3, -0.25) is 4.79 Å². The Morgan fingerprint density at radius 1 is 1.11 bits per heavy atom. The van der Waals surface area contributed by atoms with E-state index >= 15 is 0 Å². The fourth-order valence-electron chi connectivity index (χ4n) is 2.69. The molecule has 0 saturated carbocycles. The van der Waals surface area contributed by atoms with Crippen LogP contribution in [0.1, 0.15) is 16.1 Å². The Kier molecular flexibility index (Phi) is 4.81. The molecule has 0 aliphatic heterocycles. The van der Waals surface area contributed by atoms with Crippen molar-refractivity contribution in [3.05, 3.63) is 70.1 Å². The molecule has 0 aliphatic rings. The lowest BCUT2D eigenvalue weighted by Crippen LogP contribution is -2.27. The predicted molar refractivity (Wildman–Crippen MR) is 99.4 cm³/mol. The third-order valence-corrected chi connectivity index (χ3v) is 5.89. The molecular formula is C18H17N3O5S. The van der Waals surface area contributed by atoms with Crippen molar-refractivity contribution in [2.24, 2.45) is 0 Å². The summed E-state index contributed by atoms with van der Waals surface area (Å²) in [6.45, 7) is -0.0548. The van der Waals surface area contributed by atoms with Gasteiger partial charge in [-0.25, -0.2) is 22.2 Å². The van der Waals surface area contributed by atoms with Crippen LogP contribution in [0.15, 0.2) is 58.2 Å². The average molecular weight is 387 g/mol. The molecule has 3 aromatic rings. The minimum atomic E-state index is -3.63. The van der Waals surface area contributed by atoms with Crippen LogP contribution in [0.5, 0.6) is 0 Å². The Hall–Kier alpha value is -3.04. The van der Waals surface area contributed by atoms with Crippen molar-refractivity contribution in [1.82, 2.24) is 14.1 Å². The van der Waals surface area contributed by atoms with E-state index in [4.69, 9.17) is 0 Å². The summed E-state index contributed by atoms with van der Waals surface area (Å²) in [5.41, 5.74) is -0.169. The Balaban J connectivity index is 2.12. The van der Waals surface area contributed by atoms with Gasteiger partial charge in [0, 0.05) is 19.5 Å². The first-order valence-electron chi connectivity index (χ1n) is 7.96. The molecule has 1 N–H and O–H groups in total. The second kappa shape index (κ2) is 6.93. The summed E-state index contributed by atoms with van der Waals surface area (Å²) in [7, 11) is -0.772. The molecule has 0 radical (unpaired) electrons. The number of hydrogen-bond donors (Lipinski definition) is 1. The van der Waals surface area contributed by atoms with Crippen molar-refractivity contribution in [2.45, 2.75) is 11.4 Å². The molecule has 1 aromatic heterocycles. The lowest BCUT2D eigenvalue weighted by molar-refractivity contribution is 0.0690. The van der Waals surface area contributed by atoms with E-state index in [0.29, 0.717) is 5.56 Å². The van der Waals surface area contributed by atoms with Crippen LogP contribution >= 0.6 is 0 Å². The molecule has 0 spiro atoms. The SMILES string of the molecule is CN(C)S(=O)(=O)c1cccc(Cn2nc(C(=O)O)c3ccccc3c2=O)c1. The van der Waals surface area contributed by atoms with Crippen LogP contribution in [-0.4, -0.2) is 47.7 Å². The highest BCUT2D eigenvalue weighted by Crippen LogP contribution is 2.17. The Morgan fingerprint density at radius 2 is 1.78 bits per heavy atom. The topological polar surface area (TPSA) is 110 Å².